The summed E-state index contributed by atoms with van der Waals surface area (Å²) in [5, 5.41) is 52.0. The van der Waals surface area contributed by atoms with Crippen molar-refractivity contribution in [3.63, 3.8) is 0 Å². The third-order valence-electron chi connectivity index (χ3n) is 7.62. The number of allylic oxidation sites excluding steroid dienone is 1. The van der Waals surface area contributed by atoms with Gasteiger partial charge in [-0.15, -0.1) is 0 Å². The lowest BCUT2D eigenvalue weighted by Crippen LogP contribution is -2.60. The fraction of sp³-hybridized carbons (Fsp3) is 0.360. The van der Waals surface area contributed by atoms with Gasteiger partial charge in [0.2, 0.25) is 11.6 Å². The molecule has 2 fully saturated rings. The molecular formula is C25H22O10. The molecule has 7 atom stereocenters. The number of hydrogen-bond donors (Lipinski definition) is 5. The molecule has 10 heteroatoms. The zero-order valence-corrected chi connectivity index (χ0v) is 18.4. The molecule has 2 aromatic carbocycles. The highest BCUT2D eigenvalue weighted by atomic mass is 16.6. The number of Topliss-reactive ketones (excluding diaryl/α,β-unsaturated/α-hetero) is 2. The number of aliphatic hydroxyl groups is 2. The number of aliphatic hydroxyl groups excluding tert-OH is 1. The zero-order chi connectivity index (χ0) is 24.8. The number of carbonyl (C=O) groups is 2. The number of methoxy groups -OCH3 is 1. The average molecular weight is 482 g/mol. The van der Waals surface area contributed by atoms with Crippen LogP contribution >= 0.6 is 0 Å². The molecule has 10 nitrogen and oxygen atoms in total. The Morgan fingerprint density at radius 3 is 2.60 bits per heavy atom. The van der Waals surface area contributed by atoms with Crippen molar-refractivity contribution in [3.05, 3.63) is 53.1 Å². The molecular weight excluding hydrogens is 460 g/mol. The van der Waals surface area contributed by atoms with Crippen LogP contribution < -0.4 is 9.47 Å². The smallest absolute Gasteiger partial charge is 0.234 e. The molecule has 35 heavy (non-hydrogen) atoms. The normalized spacial score (nSPS) is 34.9. The van der Waals surface area contributed by atoms with Gasteiger partial charge in [0.15, 0.2) is 29.5 Å². The summed E-state index contributed by atoms with van der Waals surface area (Å²) in [4.78, 5) is 26.2. The third-order valence-corrected chi connectivity index (χ3v) is 7.62. The fourth-order valence-electron chi connectivity index (χ4n) is 6.16. The standard InChI is InChI=1S/C25H22O10/c1-33-16-4-9(2-3-14(16)27)18-11-7-12(20-13(18)8-34-25(20,32)24(11)31)23-22(30)21(29)19-15(28)5-10(26)6-17(19)35-23/h2-7,11,13,18,20,22-23,26-28,30,32H,8H2,1H3/t11-,13-,18+,20+,22+,23-,25-/m1/s1. The first-order valence-electron chi connectivity index (χ1n) is 11.1. The van der Waals surface area contributed by atoms with Gasteiger partial charge in [0.25, 0.3) is 0 Å². The van der Waals surface area contributed by atoms with Crippen molar-refractivity contribution < 1.29 is 49.3 Å². The first-order chi connectivity index (χ1) is 16.7. The zero-order valence-electron chi connectivity index (χ0n) is 18.4. The topological polar surface area (TPSA) is 163 Å². The fourth-order valence-corrected chi connectivity index (χ4v) is 6.16. The van der Waals surface area contributed by atoms with Crippen LogP contribution in [0.3, 0.4) is 0 Å². The number of hydrogen-bond acceptors (Lipinski definition) is 10. The van der Waals surface area contributed by atoms with Crippen LogP contribution in [0, 0.1) is 17.8 Å². The number of rotatable bonds is 3. The highest BCUT2D eigenvalue weighted by Crippen LogP contribution is 2.61. The predicted octanol–water partition coefficient (Wildman–Crippen LogP) is 0.990. The second-order valence-electron chi connectivity index (χ2n) is 9.35. The van der Waals surface area contributed by atoms with Crippen LogP contribution in [-0.2, 0) is 9.53 Å². The summed E-state index contributed by atoms with van der Waals surface area (Å²) in [6.45, 7) is 0.0452. The number of carbonyl (C=O) groups excluding carboxylic acids is 2. The lowest BCUT2D eigenvalue weighted by atomic mass is 9.55. The lowest BCUT2D eigenvalue weighted by Gasteiger charge is -2.50. The molecule has 0 aromatic heterocycles. The largest absolute Gasteiger partial charge is 0.508 e. The summed E-state index contributed by atoms with van der Waals surface area (Å²) in [7, 11) is 1.42. The Balaban J connectivity index is 1.46. The van der Waals surface area contributed by atoms with E-state index in [9.17, 15) is 35.1 Å². The van der Waals surface area contributed by atoms with E-state index in [0.717, 1.165) is 12.1 Å². The van der Waals surface area contributed by atoms with Crippen LogP contribution in [0.2, 0.25) is 0 Å². The lowest BCUT2D eigenvalue weighted by molar-refractivity contribution is -0.206. The van der Waals surface area contributed by atoms with E-state index >= 15 is 0 Å². The van der Waals surface area contributed by atoms with Crippen molar-refractivity contribution in [2.24, 2.45) is 17.8 Å². The van der Waals surface area contributed by atoms with Crippen molar-refractivity contribution in [3.8, 4) is 28.7 Å². The van der Waals surface area contributed by atoms with Crippen LogP contribution in [0.4, 0.5) is 0 Å². The maximum atomic E-state index is 13.3. The second kappa shape index (κ2) is 7.20. The van der Waals surface area contributed by atoms with E-state index in [4.69, 9.17) is 14.2 Å². The van der Waals surface area contributed by atoms with E-state index in [2.05, 4.69) is 0 Å². The third kappa shape index (κ3) is 2.81. The molecule has 5 N–H and O–H groups in total. The summed E-state index contributed by atoms with van der Waals surface area (Å²) in [5.41, 5.74) is 0.796. The Bertz CT molecular complexity index is 1320. The number of phenols is 3. The molecule has 1 saturated heterocycles. The van der Waals surface area contributed by atoms with Crippen LogP contribution in [0.1, 0.15) is 21.8 Å². The predicted molar refractivity (Wildman–Crippen MR) is 116 cm³/mol. The molecule has 7 rings (SSSR count). The number of fused-ring (bicyclic) bond motifs is 1. The van der Waals surface area contributed by atoms with Crippen molar-refractivity contribution >= 4 is 11.6 Å². The Hall–Kier alpha value is -3.60. The van der Waals surface area contributed by atoms with Crippen LogP contribution in [0.25, 0.3) is 0 Å². The van der Waals surface area contributed by atoms with Crippen molar-refractivity contribution in [2.45, 2.75) is 23.9 Å². The van der Waals surface area contributed by atoms with Gasteiger partial charge < -0.3 is 39.7 Å². The first kappa shape index (κ1) is 21.9. The Labute approximate surface area is 198 Å². The summed E-state index contributed by atoms with van der Waals surface area (Å²) in [6, 6.07) is 6.91. The summed E-state index contributed by atoms with van der Waals surface area (Å²) < 4.78 is 16.7. The molecule has 5 aliphatic rings. The molecule has 0 unspecified atom stereocenters. The minimum atomic E-state index is -2.13. The maximum absolute atomic E-state index is 13.3. The van der Waals surface area contributed by atoms with Crippen molar-refractivity contribution in [1.29, 1.82) is 0 Å². The van der Waals surface area contributed by atoms with Gasteiger partial charge in [-0.05, 0) is 23.3 Å². The van der Waals surface area contributed by atoms with Gasteiger partial charge >= 0.3 is 0 Å². The van der Waals surface area contributed by atoms with E-state index < -0.39 is 59.0 Å². The van der Waals surface area contributed by atoms with Gasteiger partial charge in [-0.25, -0.2) is 0 Å². The number of aromatic hydroxyl groups is 3. The molecule has 2 heterocycles. The SMILES string of the molecule is COc1cc([C@@H]2[C@H]3CO[C@@]4(O)C(=O)[C@@H]2C=C([C@H]2Oc5cc(O)cc(O)c5C(=O)[C@@H]2O)[C@@H]34)ccc1O. The Morgan fingerprint density at radius 1 is 1.09 bits per heavy atom. The summed E-state index contributed by atoms with van der Waals surface area (Å²) in [6.07, 6.45) is -1.37. The molecule has 1 saturated carbocycles. The molecule has 182 valence electrons. The highest BCUT2D eigenvalue weighted by Gasteiger charge is 2.69. The molecule has 3 aliphatic carbocycles. The molecule has 0 amide bonds. The van der Waals surface area contributed by atoms with E-state index in [-0.39, 0.29) is 35.2 Å². The van der Waals surface area contributed by atoms with E-state index in [1.54, 1.807) is 18.2 Å². The minimum Gasteiger partial charge on any atom is -0.508 e. The van der Waals surface area contributed by atoms with E-state index in [1.807, 2.05) is 0 Å². The monoisotopic (exact) mass is 482 g/mol. The molecule has 0 spiro atoms. The van der Waals surface area contributed by atoms with E-state index in [0.29, 0.717) is 11.1 Å². The summed E-state index contributed by atoms with van der Waals surface area (Å²) in [5.74, 6) is -6.84. The van der Waals surface area contributed by atoms with Gasteiger partial charge in [-0.2, -0.15) is 0 Å². The quantitative estimate of drug-likeness (QED) is 0.399. The molecule has 2 aliphatic heterocycles. The first-order valence-corrected chi connectivity index (χ1v) is 11.1. The minimum absolute atomic E-state index is 0.0452. The summed E-state index contributed by atoms with van der Waals surface area (Å²) >= 11 is 0. The highest BCUT2D eigenvalue weighted by molar-refractivity contribution is 6.06. The number of phenolic OH excluding ortho intramolecular Hbond substituents is 3. The van der Waals surface area contributed by atoms with Gasteiger partial charge in [-0.3, -0.25) is 9.59 Å². The van der Waals surface area contributed by atoms with Crippen LogP contribution in [-0.4, -0.2) is 68.8 Å². The van der Waals surface area contributed by atoms with Crippen molar-refractivity contribution in [2.75, 3.05) is 13.7 Å². The van der Waals surface area contributed by atoms with Crippen LogP contribution in [0.5, 0.6) is 28.7 Å². The molecule has 0 radical (unpaired) electrons. The van der Waals surface area contributed by atoms with Gasteiger partial charge in [-0.1, -0.05) is 12.1 Å². The van der Waals surface area contributed by atoms with Gasteiger partial charge in [0.1, 0.15) is 22.8 Å². The Morgan fingerprint density at radius 2 is 1.86 bits per heavy atom. The molecule has 4 bridgehead atoms. The maximum Gasteiger partial charge on any atom is 0.234 e. The molecule has 2 aromatic rings. The van der Waals surface area contributed by atoms with Crippen LogP contribution in [0.15, 0.2) is 42.0 Å². The van der Waals surface area contributed by atoms with E-state index in [1.165, 1.54) is 13.2 Å². The number of ether oxygens (including phenoxy) is 3. The van der Waals surface area contributed by atoms with Gasteiger partial charge in [0.05, 0.1) is 19.6 Å². The second-order valence-corrected chi connectivity index (χ2v) is 9.35. The number of benzene rings is 2. The van der Waals surface area contributed by atoms with Gasteiger partial charge in [0, 0.05) is 29.9 Å². The number of ketones is 2. The Kier molecular flexibility index (Phi) is 4.51. The average Bonchev–Trinajstić information content (AvgIpc) is 3.14. The van der Waals surface area contributed by atoms with Crippen molar-refractivity contribution in [1.82, 2.24) is 0 Å².